The molecule has 1 aromatic rings. The quantitative estimate of drug-likeness (QED) is 0.258. The summed E-state index contributed by atoms with van der Waals surface area (Å²) in [5.41, 5.74) is 1.12. The van der Waals surface area contributed by atoms with Crippen molar-refractivity contribution < 1.29 is 9.53 Å². The maximum absolute atomic E-state index is 11.8. The van der Waals surface area contributed by atoms with E-state index in [2.05, 4.69) is 17.2 Å². The monoisotopic (exact) mass is 476 g/mol. The number of para-hydroxylation sites is 1. The Hall–Kier alpha value is -1.51. The maximum Gasteiger partial charge on any atom is 0.243 e. The van der Waals surface area contributed by atoms with Gasteiger partial charge in [-0.1, -0.05) is 31.5 Å². The molecule has 1 amide bonds. The lowest BCUT2D eigenvalue weighted by molar-refractivity contribution is -0.127. The molecule has 0 heterocycles. The van der Waals surface area contributed by atoms with Gasteiger partial charge in [-0.3, -0.25) is 4.79 Å². The van der Waals surface area contributed by atoms with E-state index < -0.39 is 0 Å². The molecule has 0 fully saturated rings. The number of aryl methyl sites for hydroxylation is 1. The number of aliphatic imine (C=N–C) groups is 1. The third kappa shape index (κ3) is 9.26. The molecule has 1 aromatic carbocycles. The van der Waals surface area contributed by atoms with Gasteiger partial charge >= 0.3 is 0 Å². The van der Waals surface area contributed by atoms with Crippen LogP contribution in [0.15, 0.2) is 29.3 Å². The van der Waals surface area contributed by atoms with Crippen LogP contribution in [0.4, 0.5) is 0 Å². The highest BCUT2D eigenvalue weighted by Crippen LogP contribution is 2.15. The van der Waals surface area contributed by atoms with E-state index in [1.54, 1.807) is 19.0 Å². The molecule has 148 valence electrons. The van der Waals surface area contributed by atoms with Crippen LogP contribution in [0.3, 0.4) is 0 Å². The fourth-order valence-corrected chi connectivity index (χ4v) is 2.09. The Labute approximate surface area is 175 Å². The largest absolute Gasteiger partial charge is 0.491 e. The van der Waals surface area contributed by atoms with Gasteiger partial charge in [-0.15, -0.1) is 24.0 Å². The second kappa shape index (κ2) is 13.7. The first kappa shape index (κ1) is 24.5. The molecule has 0 aromatic heterocycles. The van der Waals surface area contributed by atoms with Crippen molar-refractivity contribution in [3.63, 3.8) is 0 Å². The average molecular weight is 476 g/mol. The number of hydrogen-bond donors (Lipinski definition) is 1. The number of unbranched alkanes of at least 4 members (excludes halogenated alkanes) is 1. The van der Waals surface area contributed by atoms with Crippen LogP contribution in [0.2, 0.25) is 0 Å². The lowest BCUT2D eigenvalue weighted by Gasteiger charge is -2.23. The zero-order valence-corrected chi connectivity index (χ0v) is 18.9. The summed E-state index contributed by atoms with van der Waals surface area (Å²) in [6.07, 6.45) is 2.17. The Balaban J connectivity index is 0.00000625. The number of carbonyl (C=O) groups excluding carboxylic acids is 1. The van der Waals surface area contributed by atoms with E-state index in [0.717, 1.165) is 36.7 Å². The zero-order chi connectivity index (χ0) is 18.7. The summed E-state index contributed by atoms with van der Waals surface area (Å²) in [5.74, 6) is 1.62. The standard InChI is InChI=1S/C19H32N4O2.HI/c1-6-7-12-20-19(21-15-18(24)22(3)4)23(5)13-14-25-17-11-9-8-10-16(17)2;/h8-11H,6-7,12-15H2,1-5H3,(H,20,21);1H. The number of nitrogens with zero attached hydrogens (tertiary/aromatic N) is 3. The number of rotatable bonds is 9. The highest BCUT2D eigenvalue weighted by molar-refractivity contribution is 14.0. The van der Waals surface area contributed by atoms with E-state index in [0.29, 0.717) is 13.2 Å². The van der Waals surface area contributed by atoms with Crippen molar-refractivity contribution in [2.24, 2.45) is 4.99 Å². The molecule has 1 rings (SSSR count). The minimum Gasteiger partial charge on any atom is -0.491 e. The van der Waals surface area contributed by atoms with Crippen LogP contribution in [0.5, 0.6) is 5.75 Å². The van der Waals surface area contributed by atoms with Crippen molar-refractivity contribution >= 4 is 35.8 Å². The van der Waals surface area contributed by atoms with Crippen LogP contribution in [-0.4, -0.2) is 69.1 Å². The molecule has 0 saturated carbocycles. The Morgan fingerprint density at radius 3 is 2.54 bits per heavy atom. The number of guanidine groups is 1. The molecular weight excluding hydrogens is 443 g/mol. The number of carbonyl (C=O) groups is 1. The highest BCUT2D eigenvalue weighted by atomic mass is 127. The fraction of sp³-hybridized carbons (Fsp3) is 0.579. The minimum atomic E-state index is -0.0145. The van der Waals surface area contributed by atoms with Gasteiger partial charge in [0.15, 0.2) is 5.96 Å². The maximum atomic E-state index is 11.8. The summed E-state index contributed by atoms with van der Waals surface area (Å²) < 4.78 is 5.85. The Kier molecular flexibility index (Phi) is 12.9. The van der Waals surface area contributed by atoms with E-state index in [1.165, 1.54) is 0 Å². The first-order valence-electron chi connectivity index (χ1n) is 8.83. The van der Waals surface area contributed by atoms with E-state index in [9.17, 15) is 4.79 Å². The van der Waals surface area contributed by atoms with Crippen molar-refractivity contribution in [1.82, 2.24) is 15.1 Å². The summed E-state index contributed by atoms with van der Waals surface area (Å²) in [7, 11) is 5.43. The number of nitrogens with one attached hydrogen (secondary N) is 1. The fourth-order valence-electron chi connectivity index (χ4n) is 2.09. The number of hydrogen-bond acceptors (Lipinski definition) is 3. The van der Waals surface area contributed by atoms with Gasteiger partial charge in [0.1, 0.15) is 18.9 Å². The van der Waals surface area contributed by atoms with Gasteiger partial charge in [0.2, 0.25) is 5.91 Å². The van der Waals surface area contributed by atoms with Crippen molar-refractivity contribution in [1.29, 1.82) is 0 Å². The first-order chi connectivity index (χ1) is 12.0. The van der Waals surface area contributed by atoms with Crippen molar-refractivity contribution in [2.75, 3.05) is 47.4 Å². The summed E-state index contributed by atoms with van der Waals surface area (Å²) >= 11 is 0. The summed E-state index contributed by atoms with van der Waals surface area (Å²) in [5, 5.41) is 3.32. The van der Waals surface area contributed by atoms with Gasteiger partial charge < -0.3 is 19.9 Å². The van der Waals surface area contributed by atoms with Gasteiger partial charge in [0, 0.05) is 27.7 Å². The number of ether oxygens (including phenoxy) is 1. The molecule has 26 heavy (non-hydrogen) atoms. The lowest BCUT2D eigenvalue weighted by atomic mass is 10.2. The van der Waals surface area contributed by atoms with E-state index in [4.69, 9.17) is 4.74 Å². The summed E-state index contributed by atoms with van der Waals surface area (Å²) in [6.45, 7) is 6.40. The number of halogens is 1. The van der Waals surface area contributed by atoms with E-state index in [1.807, 2.05) is 43.1 Å². The number of likely N-dealkylation sites (N-methyl/N-ethyl adjacent to an activating group) is 2. The van der Waals surface area contributed by atoms with Crippen LogP contribution < -0.4 is 10.1 Å². The molecule has 0 saturated heterocycles. The van der Waals surface area contributed by atoms with Gasteiger partial charge in [-0.2, -0.15) is 0 Å². The molecule has 0 bridgehead atoms. The molecule has 0 radical (unpaired) electrons. The van der Waals surface area contributed by atoms with Gasteiger partial charge in [0.25, 0.3) is 0 Å². The predicted molar refractivity (Wildman–Crippen MR) is 119 cm³/mol. The SMILES string of the molecule is CCCCNC(=NCC(=O)N(C)C)N(C)CCOc1ccccc1C.I. The van der Waals surface area contributed by atoms with Gasteiger partial charge in [0.05, 0.1) is 6.54 Å². The third-order valence-corrected chi connectivity index (χ3v) is 3.82. The molecule has 0 unspecified atom stereocenters. The van der Waals surface area contributed by atoms with Gasteiger partial charge in [-0.25, -0.2) is 4.99 Å². The van der Waals surface area contributed by atoms with Crippen molar-refractivity contribution in [2.45, 2.75) is 26.7 Å². The topological polar surface area (TPSA) is 57.2 Å². The van der Waals surface area contributed by atoms with Crippen LogP contribution in [-0.2, 0) is 4.79 Å². The summed E-state index contributed by atoms with van der Waals surface area (Å²) in [4.78, 5) is 19.8. The molecule has 7 heteroatoms. The Morgan fingerprint density at radius 1 is 1.23 bits per heavy atom. The molecule has 0 aliphatic carbocycles. The van der Waals surface area contributed by atoms with E-state index in [-0.39, 0.29) is 36.4 Å². The van der Waals surface area contributed by atoms with Crippen LogP contribution in [0.1, 0.15) is 25.3 Å². The van der Waals surface area contributed by atoms with Crippen molar-refractivity contribution in [3.8, 4) is 5.75 Å². The van der Waals surface area contributed by atoms with E-state index >= 15 is 0 Å². The predicted octanol–water partition coefficient (Wildman–Crippen LogP) is 2.76. The normalized spacial score (nSPS) is 10.7. The molecule has 6 nitrogen and oxygen atoms in total. The van der Waals surface area contributed by atoms with Gasteiger partial charge in [-0.05, 0) is 25.0 Å². The second-order valence-corrected chi connectivity index (χ2v) is 6.24. The van der Waals surface area contributed by atoms with Crippen LogP contribution >= 0.6 is 24.0 Å². The lowest BCUT2D eigenvalue weighted by Crippen LogP contribution is -2.42. The average Bonchev–Trinajstić information content (AvgIpc) is 2.59. The molecule has 0 aliphatic heterocycles. The molecular formula is C19H33IN4O2. The Morgan fingerprint density at radius 2 is 1.92 bits per heavy atom. The molecule has 0 atom stereocenters. The molecule has 1 N–H and O–H groups in total. The Bertz CT molecular complexity index is 564. The molecule has 0 aliphatic rings. The minimum absolute atomic E-state index is 0. The smallest absolute Gasteiger partial charge is 0.243 e. The molecule has 0 spiro atoms. The number of benzene rings is 1. The summed E-state index contributed by atoms with van der Waals surface area (Å²) in [6, 6.07) is 7.97. The zero-order valence-electron chi connectivity index (χ0n) is 16.6. The number of amides is 1. The van der Waals surface area contributed by atoms with Crippen LogP contribution in [0, 0.1) is 6.92 Å². The first-order valence-corrected chi connectivity index (χ1v) is 8.83. The highest BCUT2D eigenvalue weighted by Gasteiger charge is 2.09. The second-order valence-electron chi connectivity index (χ2n) is 6.24. The third-order valence-electron chi connectivity index (χ3n) is 3.82. The van der Waals surface area contributed by atoms with Crippen LogP contribution in [0.25, 0.3) is 0 Å². The van der Waals surface area contributed by atoms with Crippen molar-refractivity contribution in [3.05, 3.63) is 29.8 Å².